The van der Waals surface area contributed by atoms with Crippen LogP contribution in [0.4, 0.5) is 5.69 Å². The van der Waals surface area contributed by atoms with E-state index in [-0.39, 0.29) is 11.6 Å². The van der Waals surface area contributed by atoms with Gasteiger partial charge in [0.05, 0.1) is 31.5 Å². The Morgan fingerprint density at radius 3 is 2.19 bits per heavy atom. The molecule has 8 nitrogen and oxygen atoms in total. The molecule has 0 aliphatic carbocycles. The minimum absolute atomic E-state index is 0.0463. The van der Waals surface area contributed by atoms with Gasteiger partial charge in [-0.05, 0) is 61.0 Å². The van der Waals surface area contributed by atoms with Gasteiger partial charge in [-0.1, -0.05) is 24.3 Å². The molecule has 0 radical (unpaired) electrons. The lowest BCUT2D eigenvalue weighted by Gasteiger charge is -2.40. The van der Waals surface area contributed by atoms with Crippen molar-refractivity contribution >= 4 is 5.69 Å². The molecule has 170 valence electrons. The molecule has 1 unspecified atom stereocenters. The highest BCUT2D eigenvalue weighted by Gasteiger charge is 2.33. The quantitative estimate of drug-likeness (QED) is 0.587. The number of hydrogen-bond donors (Lipinski definition) is 0. The Balaban J connectivity index is 1.64. The van der Waals surface area contributed by atoms with Crippen molar-refractivity contribution in [2.75, 3.05) is 45.3 Å². The molecule has 2 heterocycles. The Morgan fingerprint density at radius 1 is 0.875 bits per heavy atom. The first-order valence-electron chi connectivity index (χ1n) is 11.0. The summed E-state index contributed by atoms with van der Waals surface area (Å²) in [7, 11) is 3.41. The van der Waals surface area contributed by atoms with Crippen LogP contribution in [0.1, 0.15) is 38.2 Å². The predicted molar refractivity (Wildman–Crippen MR) is 124 cm³/mol. The minimum atomic E-state index is -0.219. The molecule has 0 amide bonds. The second kappa shape index (κ2) is 9.16. The van der Waals surface area contributed by atoms with Crippen LogP contribution in [0, 0.1) is 0 Å². The van der Waals surface area contributed by atoms with Gasteiger partial charge in [0.1, 0.15) is 11.5 Å². The van der Waals surface area contributed by atoms with Crippen LogP contribution in [0.2, 0.25) is 0 Å². The summed E-state index contributed by atoms with van der Waals surface area (Å²) in [5.41, 5.74) is 2.06. The van der Waals surface area contributed by atoms with Crippen LogP contribution in [0.15, 0.2) is 48.5 Å². The fourth-order valence-corrected chi connectivity index (χ4v) is 4.26. The molecule has 1 fully saturated rings. The van der Waals surface area contributed by atoms with Crippen LogP contribution in [0.25, 0.3) is 0 Å². The number of hydrogen-bond acceptors (Lipinski definition) is 7. The first-order chi connectivity index (χ1) is 15.4. The number of methoxy groups -OCH3 is 2. The first-order valence-corrected chi connectivity index (χ1v) is 11.0. The van der Waals surface area contributed by atoms with E-state index in [2.05, 4.69) is 70.4 Å². The molecule has 0 spiro atoms. The van der Waals surface area contributed by atoms with Gasteiger partial charge in [0.15, 0.2) is 5.82 Å². The largest absolute Gasteiger partial charge is 0.497 e. The standard InChI is InChI=1S/C24H32N6O2/c1-24(2,3)30-23(25-26-27-30)22(18-10-12-19(31-4)13-11-18)29-16-14-28(15-17-29)20-8-6-7-9-21(20)32-5/h6-13,22H,14-17H2,1-5H3. The molecular formula is C24H32N6O2. The highest BCUT2D eigenvalue weighted by atomic mass is 16.5. The maximum atomic E-state index is 5.58. The van der Waals surface area contributed by atoms with E-state index in [1.807, 2.05) is 28.9 Å². The summed E-state index contributed by atoms with van der Waals surface area (Å²) in [6, 6.07) is 16.4. The Hall–Kier alpha value is -3.13. The first kappa shape index (κ1) is 22.1. The van der Waals surface area contributed by atoms with Gasteiger partial charge in [0, 0.05) is 26.2 Å². The Kier molecular flexibility index (Phi) is 6.32. The predicted octanol–water partition coefficient (Wildman–Crippen LogP) is 3.36. The lowest BCUT2D eigenvalue weighted by molar-refractivity contribution is 0.191. The summed E-state index contributed by atoms with van der Waals surface area (Å²) < 4.78 is 12.9. The molecule has 3 aromatic rings. The number of ether oxygens (including phenoxy) is 2. The highest BCUT2D eigenvalue weighted by molar-refractivity contribution is 5.58. The van der Waals surface area contributed by atoms with Crippen molar-refractivity contribution in [3.63, 3.8) is 0 Å². The van der Waals surface area contributed by atoms with Crippen molar-refractivity contribution in [2.24, 2.45) is 0 Å². The zero-order valence-electron chi connectivity index (χ0n) is 19.5. The molecule has 1 saturated heterocycles. The second-order valence-corrected chi connectivity index (χ2v) is 8.99. The summed E-state index contributed by atoms with van der Waals surface area (Å²) in [6.07, 6.45) is 0. The molecule has 0 N–H and O–H groups in total. The van der Waals surface area contributed by atoms with Crippen molar-refractivity contribution in [3.05, 3.63) is 59.9 Å². The SMILES string of the molecule is COc1ccc(C(c2nnnn2C(C)(C)C)N2CCN(c3ccccc3OC)CC2)cc1. The Morgan fingerprint density at radius 2 is 1.56 bits per heavy atom. The van der Waals surface area contributed by atoms with E-state index in [4.69, 9.17) is 9.47 Å². The summed E-state index contributed by atoms with van der Waals surface area (Å²) in [4.78, 5) is 4.84. The van der Waals surface area contributed by atoms with Crippen molar-refractivity contribution in [1.82, 2.24) is 25.1 Å². The maximum absolute atomic E-state index is 5.58. The zero-order chi connectivity index (χ0) is 22.7. The van der Waals surface area contributed by atoms with Gasteiger partial charge in [-0.3, -0.25) is 4.90 Å². The topological polar surface area (TPSA) is 68.5 Å². The van der Waals surface area contributed by atoms with Crippen LogP contribution in [-0.2, 0) is 5.54 Å². The molecule has 1 atom stereocenters. The van der Waals surface area contributed by atoms with E-state index in [9.17, 15) is 0 Å². The van der Waals surface area contributed by atoms with Crippen molar-refractivity contribution in [3.8, 4) is 11.5 Å². The normalized spacial score (nSPS) is 16.1. The summed E-state index contributed by atoms with van der Waals surface area (Å²) in [5.74, 6) is 2.60. The van der Waals surface area contributed by atoms with Crippen LogP contribution in [0.5, 0.6) is 11.5 Å². The fraction of sp³-hybridized carbons (Fsp3) is 0.458. The molecule has 1 aliphatic rings. The minimum Gasteiger partial charge on any atom is -0.497 e. The molecule has 4 rings (SSSR count). The molecule has 1 aromatic heterocycles. The van der Waals surface area contributed by atoms with Gasteiger partial charge >= 0.3 is 0 Å². The number of piperazine rings is 1. The second-order valence-electron chi connectivity index (χ2n) is 8.99. The molecule has 8 heteroatoms. The molecule has 1 aliphatic heterocycles. The monoisotopic (exact) mass is 436 g/mol. The zero-order valence-corrected chi connectivity index (χ0v) is 19.5. The van der Waals surface area contributed by atoms with Gasteiger partial charge in [-0.25, -0.2) is 4.68 Å². The van der Waals surface area contributed by atoms with Crippen LogP contribution >= 0.6 is 0 Å². The Bertz CT molecular complexity index is 1020. The van der Waals surface area contributed by atoms with Crippen molar-refractivity contribution in [2.45, 2.75) is 32.4 Å². The number of anilines is 1. The molecule has 0 saturated carbocycles. The number of benzene rings is 2. The van der Waals surface area contributed by atoms with E-state index < -0.39 is 0 Å². The van der Waals surface area contributed by atoms with Crippen LogP contribution in [-0.4, -0.2) is 65.5 Å². The van der Waals surface area contributed by atoms with Gasteiger partial charge in [0.2, 0.25) is 0 Å². The van der Waals surface area contributed by atoms with Gasteiger partial charge in [0.25, 0.3) is 0 Å². The number of nitrogens with zero attached hydrogens (tertiary/aromatic N) is 6. The summed E-state index contributed by atoms with van der Waals surface area (Å²) >= 11 is 0. The number of aromatic nitrogens is 4. The molecular weight excluding hydrogens is 404 g/mol. The summed E-state index contributed by atoms with van der Waals surface area (Å²) in [6.45, 7) is 9.92. The fourth-order valence-electron chi connectivity index (χ4n) is 4.26. The lowest BCUT2D eigenvalue weighted by Crippen LogP contribution is -2.48. The van der Waals surface area contributed by atoms with Crippen LogP contribution in [0.3, 0.4) is 0 Å². The van der Waals surface area contributed by atoms with E-state index in [1.54, 1.807) is 14.2 Å². The van der Waals surface area contributed by atoms with Crippen molar-refractivity contribution < 1.29 is 9.47 Å². The molecule has 32 heavy (non-hydrogen) atoms. The van der Waals surface area contributed by atoms with Crippen LogP contribution < -0.4 is 14.4 Å². The highest BCUT2D eigenvalue weighted by Crippen LogP contribution is 2.33. The maximum Gasteiger partial charge on any atom is 0.173 e. The van der Waals surface area contributed by atoms with Gasteiger partial charge in [-0.2, -0.15) is 0 Å². The average Bonchev–Trinajstić information content (AvgIpc) is 3.30. The lowest BCUT2D eigenvalue weighted by atomic mass is 10.0. The van der Waals surface area contributed by atoms with Gasteiger partial charge in [-0.15, -0.1) is 5.10 Å². The average molecular weight is 437 g/mol. The van der Waals surface area contributed by atoms with Crippen molar-refractivity contribution in [1.29, 1.82) is 0 Å². The Labute approximate surface area is 189 Å². The van der Waals surface area contributed by atoms with E-state index in [0.29, 0.717) is 0 Å². The molecule has 0 bridgehead atoms. The summed E-state index contributed by atoms with van der Waals surface area (Å²) in [5, 5.41) is 12.8. The van der Waals surface area contributed by atoms with E-state index >= 15 is 0 Å². The van der Waals surface area contributed by atoms with Gasteiger partial charge < -0.3 is 14.4 Å². The number of rotatable bonds is 6. The number of para-hydroxylation sites is 2. The smallest absolute Gasteiger partial charge is 0.173 e. The van der Waals surface area contributed by atoms with E-state index in [1.165, 1.54) is 0 Å². The third kappa shape index (κ3) is 4.41. The number of tetrazole rings is 1. The third-order valence-corrected chi connectivity index (χ3v) is 5.91. The molecule has 2 aromatic carbocycles. The van der Waals surface area contributed by atoms with E-state index in [0.717, 1.165) is 54.8 Å². The third-order valence-electron chi connectivity index (χ3n) is 5.91.